The molecular weight excluding hydrogens is 292 g/mol. The van der Waals surface area contributed by atoms with E-state index in [0.29, 0.717) is 12.0 Å². The van der Waals surface area contributed by atoms with Crippen LogP contribution in [0.4, 0.5) is 4.79 Å². The highest BCUT2D eigenvalue weighted by molar-refractivity contribution is 5.75. The molecule has 23 heavy (non-hydrogen) atoms. The predicted octanol–water partition coefficient (Wildman–Crippen LogP) is 1.37. The maximum Gasteiger partial charge on any atom is 0.317 e. The van der Waals surface area contributed by atoms with Gasteiger partial charge < -0.3 is 20.0 Å². The molecule has 132 valence electrons. The Labute approximate surface area is 140 Å². The number of piperidine rings is 1. The molecule has 2 heterocycles. The molecule has 0 bridgehead atoms. The van der Waals surface area contributed by atoms with Crippen molar-refractivity contribution in [3.63, 3.8) is 0 Å². The van der Waals surface area contributed by atoms with Crippen molar-refractivity contribution in [3.05, 3.63) is 0 Å². The van der Waals surface area contributed by atoms with Crippen LogP contribution in [-0.4, -0.2) is 78.5 Å². The van der Waals surface area contributed by atoms with E-state index in [2.05, 4.69) is 24.1 Å². The Morgan fingerprint density at radius 3 is 2.35 bits per heavy atom. The molecule has 0 saturated carbocycles. The van der Waals surface area contributed by atoms with Gasteiger partial charge in [-0.05, 0) is 45.6 Å². The lowest BCUT2D eigenvalue weighted by Gasteiger charge is -2.36. The molecule has 1 N–H and O–H groups in total. The van der Waals surface area contributed by atoms with Gasteiger partial charge in [0.2, 0.25) is 5.91 Å². The molecular formula is C17H32N4O2. The van der Waals surface area contributed by atoms with Crippen molar-refractivity contribution in [1.29, 1.82) is 0 Å². The van der Waals surface area contributed by atoms with Crippen LogP contribution >= 0.6 is 0 Å². The van der Waals surface area contributed by atoms with Crippen LogP contribution in [0.1, 0.15) is 40.0 Å². The SMILES string of the molecule is CC(=O)N(C)C1CCN(C(=O)NC[C@@H]2CCN(C(C)C)C2)CC1. The number of carbonyl (C=O) groups excluding carboxylic acids is 2. The number of hydrogen-bond donors (Lipinski definition) is 1. The first kappa shape index (κ1) is 18.0. The second kappa shape index (κ2) is 7.99. The van der Waals surface area contributed by atoms with Crippen LogP contribution < -0.4 is 5.32 Å². The average Bonchev–Trinajstić information content (AvgIpc) is 3.01. The van der Waals surface area contributed by atoms with Crippen LogP contribution in [0.25, 0.3) is 0 Å². The fourth-order valence-electron chi connectivity index (χ4n) is 3.56. The van der Waals surface area contributed by atoms with E-state index in [0.717, 1.165) is 45.6 Å². The molecule has 0 aromatic rings. The summed E-state index contributed by atoms with van der Waals surface area (Å²) in [5, 5.41) is 3.10. The molecule has 2 aliphatic heterocycles. The van der Waals surface area contributed by atoms with Crippen molar-refractivity contribution in [2.45, 2.75) is 52.1 Å². The van der Waals surface area contributed by atoms with E-state index in [1.54, 1.807) is 11.8 Å². The van der Waals surface area contributed by atoms with E-state index >= 15 is 0 Å². The second-order valence-corrected chi connectivity index (χ2v) is 7.28. The zero-order valence-corrected chi connectivity index (χ0v) is 15.0. The maximum absolute atomic E-state index is 12.3. The highest BCUT2D eigenvalue weighted by Crippen LogP contribution is 2.18. The number of amides is 3. The lowest BCUT2D eigenvalue weighted by Crippen LogP contribution is -2.50. The van der Waals surface area contributed by atoms with E-state index in [1.165, 1.54) is 6.42 Å². The molecule has 2 fully saturated rings. The number of nitrogens with one attached hydrogen (secondary N) is 1. The van der Waals surface area contributed by atoms with Gasteiger partial charge in [0.1, 0.15) is 0 Å². The number of likely N-dealkylation sites (tertiary alicyclic amines) is 2. The van der Waals surface area contributed by atoms with Crippen molar-refractivity contribution >= 4 is 11.9 Å². The largest absolute Gasteiger partial charge is 0.343 e. The smallest absolute Gasteiger partial charge is 0.317 e. The van der Waals surface area contributed by atoms with Gasteiger partial charge in [-0.3, -0.25) is 4.79 Å². The Morgan fingerprint density at radius 1 is 1.17 bits per heavy atom. The van der Waals surface area contributed by atoms with Crippen molar-refractivity contribution < 1.29 is 9.59 Å². The minimum absolute atomic E-state index is 0.0527. The summed E-state index contributed by atoms with van der Waals surface area (Å²) in [6, 6.07) is 0.913. The molecule has 0 spiro atoms. The minimum Gasteiger partial charge on any atom is -0.343 e. The van der Waals surface area contributed by atoms with E-state index < -0.39 is 0 Å². The minimum atomic E-state index is 0.0527. The summed E-state index contributed by atoms with van der Waals surface area (Å²) in [4.78, 5) is 29.9. The van der Waals surface area contributed by atoms with E-state index in [4.69, 9.17) is 0 Å². The van der Waals surface area contributed by atoms with Gasteiger partial charge in [-0.2, -0.15) is 0 Å². The predicted molar refractivity (Wildman–Crippen MR) is 91.3 cm³/mol. The summed E-state index contributed by atoms with van der Waals surface area (Å²) >= 11 is 0. The van der Waals surface area contributed by atoms with Gasteiger partial charge in [0.25, 0.3) is 0 Å². The summed E-state index contributed by atoms with van der Waals surface area (Å²) in [5.74, 6) is 0.673. The second-order valence-electron chi connectivity index (χ2n) is 7.28. The summed E-state index contributed by atoms with van der Waals surface area (Å²) in [6.07, 6.45) is 2.91. The Bertz CT molecular complexity index is 419. The molecule has 6 nitrogen and oxygen atoms in total. The van der Waals surface area contributed by atoms with Crippen LogP contribution in [0, 0.1) is 5.92 Å². The van der Waals surface area contributed by atoms with Crippen LogP contribution in [0.5, 0.6) is 0 Å². The molecule has 2 aliphatic rings. The van der Waals surface area contributed by atoms with Crippen LogP contribution in [0.15, 0.2) is 0 Å². The van der Waals surface area contributed by atoms with Gasteiger partial charge in [-0.1, -0.05) is 0 Å². The number of urea groups is 1. The molecule has 3 amide bonds. The molecule has 0 unspecified atom stereocenters. The van der Waals surface area contributed by atoms with Gasteiger partial charge >= 0.3 is 6.03 Å². The van der Waals surface area contributed by atoms with Gasteiger partial charge in [0.05, 0.1) is 0 Å². The van der Waals surface area contributed by atoms with Crippen molar-refractivity contribution in [2.24, 2.45) is 5.92 Å². The lowest BCUT2D eigenvalue weighted by atomic mass is 10.0. The quantitative estimate of drug-likeness (QED) is 0.850. The normalized spacial score (nSPS) is 23.3. The molecule has 6 heteroatoms. The molecule has 0 aliphatic carbocycles. The molecule has 2 rings (SSSR count). The highest BCUT2D eigenvalue weighted by Gasteiger charge is 2.28. The van der Waals surface area contributed by atoms with Crippen LogP contribution in [0.3, 0.4) is 0 Å². The van der Waals surface area contributed by atoms with Crippen LogP contribution in [0.2, 0.25) is 0 Å². The topological polar surface area (TPSA) is 55.9 Å². The zero-order valence-electron chi connectivity index (χ0n) is 15.0. The van der Waals surface area contributed by atoms with Crippen molar-refractivity contribution in [2.75, 3.05) is 39.8 Å². The first-order valence-corrected chi connectivity index (χ1v) is 8.88. The van der Waals surface area contributed by atoms with Gasteiger partial charge in [-0.15, -0.1) is 0 Å². The van der Waals surface area contributed by atoms with Gasteiger partial charge in [0.15, 0.2) is 0 Å². The maximum atomic E-state index is 12.3. The average molecular weight is 324 g/mol. The summed E-state index contributed by atoms with van der Waals surface area (Å²) < 4.78 is 0. The third kappa shape index (κ3) is 4.83. The summed E-state index contributed by atoms with van der Waals surface area (Å²) in [5.41, 5.74) is 0. The molecule has 0 aromatic carbocycles. The standard InChI is InChI=1S/C17H32N4O2/c1-13(2)21-8-5-15(12-21)11-18-17(23)20-9-6-16(7-10-20)19(4)14(3)22/h13,15-16H,5-12H2,1-4H3,(H,18,23)/t15-/m0/s1. The molecule has 1 atom stereocenters. The van der Waals surface area contributed by atoms with Gasteiger partial charge in [0, 0.05) is 52.2 Å². The molecule has 0 radical (unpaired) electrons. The van der Waals surface area contributed by atoms with Crippen molar-refractivity contribution in [1.82, 2.24) is 20.0 Å². The lowest BCUT2D eigenvalue weighted by molar-refractivity contribution is -0.130. The van der Waals surface area contributed by atoms with Gasteiger partial charge in [-0.25, -0.2) is 4.79 Å². The Hall–Kier alpha value is -1.30. The third-order valence-electron chi connectivity index (χ3n) is 5.39. The fourth-order valence-corrected chi connectivity index (χ4v) is 3.56. The molecule has 0 aromatic heterocycles. The third-order valence-corrected chi connectivity index (χ3v) is 5.39. The van der Waals surface area contributed by atoms with E-state index in [9.17, 15) is 9.59 Å². The van der Waals surface area contributed by atoms with Crippen molar-refractivity contribution in [3.8, 4) is 0 Å². The summed E-state index contributed by atoms with van der Waals surface area (Å²) in [7, 11) is 1.85. The van der Waals surface area contributed by atoms with E-state index in [1.807, 2.05) is 11.9 Å². The van der Waals surface area contributed by atoms with Crippen LogP contribution in [-0.2, 0) is 4.79 Å². The Morgan fingerprint density at radius 2 is 1.83 bits per heavy atom. The van der Waals surface area contributed by atoms with E-state index in [-0.39, 0.29) is 18.0 Å². The fraction of sp³-hybridized carbons (Fsp3) is 0.882. The zero-order chi connectivity index (χ0) is 17.0. The first-order valence-electron chi connectivity index (χ1n) is 8.88. The molecule has 2 saturated heterocycles. The number of nitrogens with zero attached hydrogens (tertiary/aromatic N) is 3. The number of carbonyl (C=O) groups is 2. The Balaban J connectivity index is 1.69. The Kier molecular flexibility index (Phi) is 6.27. The highest BCUT2D eigenvalue weighted by atomic mass is 16.2. The number of hydrogen-bond acceptors (Lipinski definition) is 3. The first-order chi connectivity index (χ1) is 10.9. The number of rotatable bonds is 4. The monoisotopic (exact) mass is 324 g/mol. The summed E-state index contributed by atoms with van der Waals surface area (Å²) in [6.45, 7) is 10.5.